The van der Waals surface area contributed by atoms with Crippen LogP contribution in [0.5, 0.6) is 11.5 Å². The van der Waals surface area contributed by atoms with Crippen molar-refractivity contribution in [3.63, 3.8) is 0 Å². The van der Waals surface area contributed by atoms with Crippen molar-refractivity contribution in [2.24, 2.45) is 5.92 Å². The molecule has 126 valence electrons. The molecule has 2 unspecified atom stereocenters. The number of ether oxygens (including phenoxy) is 2. The zero-order valence-electron chi connectivity index (χ0n) is 13.0. The number of hydrogen-bond donors (Lipinski definition) is 2. The number of piperidine rings is 1. The fraction of sp³-hybridized carbons (Fsp3) is 0.571. The SMILES string of the molecule is COc1cc(OC)cc(S(=O)(=O)NC2CCNCC2C)c1.Cl. The van der Waals surface area contributed by atoms with Gasteiger partial charge in [0.15, 0.2) is 0 Å². The van der Waals surface area contributed by atoms with Gasteiger partial charge in [-0.1, -0.05) is 6.92 Å². The molecule has 1 aromatic carbocycles. The van der Waals surface area contributed by atoms with Crippen LogP contribution in [-0.2, 0) is 10.0 Å². The van der Waals surface area contributed by atoms with E-state index < -0.39 is 10.0 Å². The van der Waals surface area contributed by atoms with E-state index in [-0.39, 0.29) is 29.3 Å². The Morgan fingerprint density at radius 3 is 2.27 bits per heavy atom. The third kappa shape index (κ3) is 4.49. The van der Waals surface area contributed by atoms with Gasteiger partial charge in [-0.2, -0.15) is 0 Å². The molecule has 0 aromatic heterocycles. The third-order valence-corrected chi connectivity index (χ3v) is 5.20. The van der Waals surface area contributed by atoms with Gasteiger partial charge < -0.3 is 14.8 Å². The number of nitrogens with one attached hydrogen (secondary N) is 2. The van der Waals surface area contributed by atoms with Gasteiger partial charge in [0, 0.05) is 24.2 Å². The molecule has 1 saturated heterocycles. The first-order valence-corrected chi connectivity index (χ1v) is 8.40. The Morgan fingerprint density at radius 1 is 1.18 bits per heavy atom. The summed E-state index contributed by atoms with van der Waals surface area (Å²) in [4.78, 5) is 0.157. The Balaban J connectivity index is 0.00000242. The molecule has 0 spiro atoms. The van der Waals surface area contributed by atoms with Gasteiger partial charge in [0.2, 0.25) is 10.0 Å². The van der Waals surface area contributed by atoms with Crippen molar-refractivity contribution in [3.05, 3.63) is 18.2 Å². The number of hydrogen-bond acceptors (Lipinski definition) is 5. The number of methoxy groups -OCH3 is 2. The van der Waals surface area contributed by atoms with Crippen LogP contribution in [0.3, 0.4) is 0 Å². The molecule has 2 atom stereocenters. The Hall–Kier alpha value is -1.02. The molecule has 0 bridgehead atoms. The van der Waals surface area contributed by atoms with Crippen LogP contribution < -0.4 is 19.5 Å². The molecule has 1 aromatic rings. The highest BCUT2D eigenvalue weighted by Gasteiger charge is 2.27. The maximum atomic E-state index is 12.5. The third-order valence-electron chi connectivity index (χ3n) is 3.73. The van der Waals surface area contributed by atoms with Crippen LogP contribution >= 0.6 is 12.4 Å². The summed E-state index contributed by atoms with van der Waals surface area (Å²) in [5.41, 5.74) is 0. The van der Waals surface area contributed by atoms with Gasteiger partial charge in [0.05, 0.1) is 19.1 Å². The molecule has 0 aliphatic carbocycles. The summed E-state index contributed by atoms with van der Waals surface area (Å²) in [6, 6.07) is 4.58. The van der Waals surface area contributed by atoms with E-state index in [4.69, 9.17) is 9.47 Å². The summed E-state index contributed by atoms with van der Waals surface area (Å²) in [6.45, 7) is 3.67. The van der Waals surface area contributed by atoms with Gasteiger partial charge in [-0.05, 0) is 25.4 Å². The maximum Gasteiger partial charge on any atom is 0.241 e. The summed E-state index contributed by atoms with van der Waals surface area (Å²) in [5, 5.41) is 3.25. The van der Waals surface area contributed by atoms with Crippen LogP contribution in [0.25, 0.3) is 0 Å². The predicted molar refractivity (Wildman–Crippen MR) is 87.6 cm³/mol. The maximum absolute atomic E-state index is 12.5. The van der Waals surface area contributed by atoms with E-state index in [0.717, 1.165) is 19.5 Å². The second-order valence-corrected chi connectivity index (χ2v) is 6.96. The van der Waals surface area contributed by atoms with Crippen LogP contribution in [0.1, 0.15) is 13.3 Å². The predicted octanol–water partition coefficient (Wildman–Crippen LogP) is 1.40. The summed E-state index contributed by atoms with van der Waals surface area (Å²) in [7, 11) is -0.609. The smallest absolute Gasteiger partial charge is 0.241 e. The summed E-state index contributed by atoms with van der Waals surface area (Å²) in [5.74, 6) is 1.15. The average molecular weight is 351 g/mol. The monoisotopic (exact) mass is 350 g/mol. The van der Waals surface area contributed by atoms with E-state index in [9.17, 15) is 8.42 Å². The Morgan fingerprint density at radius 2 is 1.77 bits per heavy atom. The van der Waals surface area contributed by atoms with E-state index in [1.54, 1.807) is 6.07 Å². The lowest BCUT2D eigenvalue weighted by atomic mass is 9.97. The Bertz CT molecular complexity index is 572. The highest BCUT2D eigenvalue weighted by molar-refractivity contribution is 7.89. The fourth-order valence-corrected chi connectivity index (χ4v) is 3.82. The van der Waals surface area contributed by atoms with E-state index >= 15 is 0 Å². The number of benzene rings is 1. The Kier molecular flexibility index (Phi) is 6.93. The van der Waals surface area contributed by atoms with Crippen LogP contribution in [0.2, 0.25) is 0 Å². The molecule has 2 N–H and O–H groups in total. The van der Waals surface area contributed by atoms with Crippen molar-refractivity contribution >= 4 is 22.4 Å². The molecule has 0 amide bonds. The average Bonchev–Trinajstić information content (AvgIpc) is 2.48. The molecular formula is C14H23ClN2O4S. The van der Waals surface area contributed by atoms with Crippen LogP contribution in [-0.4, -0.2) is 41.8 Å². The van der Waals surface area contributed by atoms with Gasteiger partial charge in [-0.15, -0.1) is 12.4 Å². The van der Waals surface area contributed by atoms with Crippen molar-refractivity contribution < 1.29 is 17.9 Å². The normalized spacial score (nSPS) is 21.8. The van der Waals surface area contributed by atoms with E-state index in [1.165, 1.54) is 26.4 Å². The number of sulfonamides is 1. The lowest BCUT2D eigenvalue weighted by molar-refractivity contribution is 0.328. The van der Waals surface area contributed by atoms with Crippen molar-refractivity contribution in [1.29, 1.82) is 0 Å². The van der Waals surface area contributed by atoms with E-state index in [2.05, 4.69) is 10.0 Å². The minimum absolute atomic E-state index is 0. The molecule has 0 radical (unpaired) electrons. The number of rotatable bonds is 5. The number of halogens is 1. The fourth-order valence-electron chi connectivity index (χ4n) is 2.39. The zero-order chi connectivity index (χ0) is 15.5. The molecule has 8 heteroatoms. The zero-order valence-corrected chi connectivity index (χ0v) is 14.6. The van der Waals surface area contributed by atoms with Gasteiger partial charge in [0.1, 0.15) is 11.5 Å². The molecule has 1 fully saturated rings. The van der Waals surface area contributed by atoms with Crippen molar-refractivity contribution in [2.45, 2.75) is 24.3 Å². The van der Waals surface area contributed by atoms with E-state index in [1.807, 2.05) is 6.92 Å². The molecule has 1 aliphatic rings. The largest absolute Gasteiger partial charge is 0.497 e. The molecule has 6 nitrogen and oxygen atoms in total. The Labute approximate surface area is 138 Å². The molecule has 0 saturated carbocycles. The standard InChI is InChI=1S/C14H22N2O4S.ClH/c1-10-9-15-5-4-14(10)16-21(17,18)13-7-11(19-2)6-12(8-13)20-3;/h6-8,10,14-16H,4-5,9H2,1-3H3;1H. The summed E-state index contributed by atoms with van der Waals surface area (Å²) in [6.07, 6.45) is 0.779. The van der Waals surface area contributed by atoms with Crippen LogP contribution in [0.15, 0.2) is 23.1 Å². The van der Waals surface area contributed by atoms with Gasteiger partial charge in [0.25, 0.3) is 0 Å². The summed E-state index contributed by atoms with van der Waals surface area (Å²) < 4.78 is 38.1. The molecule has 22 heavy (non-hydrogen) atoms. The van der Waals surface area contributed by atoms with Crippen molar-refractivity contribution in [1.82, 2.24) is 10.0 Å². The second-order valence-electron chi connectivity index (χ2n) is 5.25. The van der Waals surface area contributed by atoms with Crippen molar-refractivity contribution in [2.75, 3.05) is 27.3 Å². The van der Waals surface area contributed by atoms with Crippen LogP contribution in [0, 0.1) is 5.92 Å². The highest BCUT2D eigenvalue weighted by Crippen LogP contribution is 2.26. The second kappa shape index (κ2) is 8.01. The highest BCUT2D eigenvalue weighted by atomic mass is 35.5. The molecule has 1 aliphatic heterocycles. The van der Waals surface area contributed by atoms with Crippen molar-refractivity contribution in [3.8, 4) is 11.5 Å². The van der Waals surface area contributed by atoms with Gasteiger partial charge in [-0.25, -0.2) is 13.1 Å². The molecule has 1 heterocycles. The minimum atomic E-state index is -3.60. The summed E-state index contributed by atoms with van der Waals surface area (Å²) >= 11 is 0. The first-order chi connectivity index (χ1) is 9.96. The van der Waals surface area contributed by atoms with E-state index in [0.29, 0.717) is 11.5 Å². The molecule has 2 rings (SSSR count). The topological polar surface area (TPSA) is 76.7 Å². The van der Waals surface area contributed by atoms with Crippen LogP contribution in [0.4, 0.5) is 0 Å². The van der Waals surface area contributed by atoms with Gasteiger partial charge >= 0.3 is 0 Å². The quantitative estimate of drug-likeness (QED) is 0.839. The molecular weight excluding hydrogens is 328 g/mol. The first-order valence-electron chi connectivity index (χ1n) is 6.92. The minimum Gasteiger partial charge on any atom is -0.497 e. The van der Waals surface area contributed by atoms with Gasteiger partial charge in [-0.3, -0.25) is 0 Å². The lowest BCUT2D eigenvalue weighted by Crippen LogP contribution is -2.48. The first kappa shape index (κ1) is 19.0. The lowest BCUT2D eigenvalue weighted by Gasteiger charge is -2.30.